The zero-order valence-electron chi connectivity index (χ0n) is 11.0. The summed E-state index contributed by atoms with van der Waals surface area (Å²) in [4.78, 5) is 15.6. The van der Waals surface area contributed by atoms with E-state index in [-0.39, 0.29) is 12.2 Å². The number of piperidine rings is 3. The first kappa shape index (κ1) is 12.4. The van der Waals surface area contributed by atoms with Crippen LogP contribution >= 0.6 is 0 Å². The highest BCUT2D eigenvalue weighted by Crippen LogP contribution is 2.36. The van der Waals surface area contributed by atoms with Crippen LogP contribution in [0.4, 0.5) is 0 Å². The molecule has 0 radical (unpaired) electrons. The van der Waals surface area contributed by atoms with Gasteiger partial charge in [-0.1, -0.05) is 0 Å². The first-order chi connectivity index (χ1) is 8.56. The Hall–Kier alpha value is -0.650. The Morgan fingerprint density at radius 3 is 2.56 bits per heavy atom. The smallest absolute Gasteiger partial charge is 0.329 e. The molecule has 0 amide bonds. The number of carboxylic acid groups (broad SMARTS) is 1. The van der Waals surface area contributed by atoms with Crippen LogP contribution in [0.15, 0.2) is 0 Å². The normalized spacial score (nSPS) is 38.4. The number of hydrogen-bond donors (Lipinski definition) is 1. The van der Waals surface area contributed by atoms with E-state index in [9.17, 15) is 4.79 Å². The third-order valence-corrected chi connectivity index (χ3v) is 4.71. The number of nitrogens with zero attached hydrogens (tertiary/aromatic N) is 2. The van der Waals surface area contributed by atoms with Crippen molar-refractivity contribution in [2.45, 2.75) is 31.4 Å². The van der Waals surface area contributed by atoms with Gasteiger partial charge in [-0.3, -0.25) is 4.90 Å². The molecule has 102 valence electrons. The molecule has 4 aliphatic heterocycles. The van der Waals surface area contributed by atoms with Crippen LogP contribution < -0.4 is 0 Å². The molecule has 0 aromatic heterocycles. The average molecular weight is 254 g/mol. The summed E-state index contributed by atoms with van der Waals surface area (Å²) in [5.41, 5.74) is -0.246. The molecule has 5 heteroatoms. The molecule has 4 aliphatic rings. The molecule has 1 N–H and O–H groups in total. The van der Waals surface area contributed by atoms with E-state index in [4.69, 9.17) is 9.84 Å². The van der Waals surface area contributed by atoms with Gasteiger partial charge in [-0.15, -0.1) is 0 Å². The number of carbonyl (C=O) groups is 1. The van der Waals surface area contributed by atoms with Crippen molar-refractivity contribution in [2.24, 2.45) is 5.92 Å². The Morgan fingerprint density at radius 2 is 2.06 bits per heavy atom. The standard InChI is InChI=1S/C13H22N2O3/c1-13(18-7-12(16)17)8-15(9-13)11-6-14-4-2-10(11)3-5-14/h10-11H,2-9H2,1H3,(H,16,17). The van der Waals surface area contributed by atoms with E-state index in [0.717, 1.165) is 19.0 Å². The van der Waals surface area contributed by atoms with E-state index in [1.165, 1.54) is 32.5 Å². The summed E-state index contributed by atoms with van der Waals surface area (Å²) >= 11 is 0. The molecule has 0 aromatic rings. The second-order valence-corrected chi connectivity index (χ2v) is 6.24. The summed E-state index contributed by atoms with van der Waals surface area (Å²) in [7, 11) is 0. The topological polar surface area (TPSA) is 53.0 Å². The average Bonchev–Trinajstić information content (AvgIpc) is 2.34. The summed E-state index contributed by atoms with van der Waals surface area (Å²) in [6.07, 6.45) is 2.65. The molecule has 1 unspecified atom stereocenters. The fourth-order valence-electron chi connectivity index (χ4n) is 3.72. The minimum Gasteiger partial charge on any atom is -0.480 e. The zero-order valence-corrected chi connectivity index (χ0v) is 11.0. The summed E-state index contributed by atoms with van der Waals surface area (Å²) < 4.78 is 5.47. The van der Waals surface area contributed by atoms with Crippen molar-refractivity contribution in [3.63, 3.8) is 0 Å². The van der Waals surface area contributed by atoms with Crippen LogP contribution in [0.1, 0.15) is 19.8 Å². The quantitative estimate of drug-likeness (QED) is 0.780. The van der Waals surface area contributed by atoms with Gasteiger partial charge >= 0.3 is 5.97 Å². The van der Waals surface area contributed by atoms with Gasteiger partial charge in [-0.05, 0) is 38.8 Å². The molecule has 18 heavy (non-hydrogen) atoms. The Kier molecular flexibility index (Phi) is 3.08. The lowest BCUT2D eigenvalue weighted by Crippen LogP contribution is -2.69. The molecule has 0 aromatic carbocycles. The number of hydrogen-bond acceptors (Lipinski definition) is 4. The molecule has 0 aliphatic carbocycles. The Morgan fingerprint density at radius 1 is 1.39 bits per heavy atom. The lowest BCUT2D eigenvalue weighted by molar-refractivity contribution is -0.178. The van der Waals surface area contributed by atoms with Crippen LogP contribution in [0, 0.1) is 5.92 Å². The highest BCUT2D eigenvalue weighted by molar-refractivity contribution is 5.68. The van der Waals surface area contributed by atoms with Gasteiger partial charge in [0.25, 0.3) is 0 Å². The van der Waals surface area contributed by atoms with Crippen molar-refractivity contribution in [1.82, 2.24) is 9.80 Å². The third-order valence-electron chi connectivity index (χ3n) is 4.71. The Balaban J connectivity index is 1.51. The number of ether oxygens (including phenoxy) is 1. The maximum atomic E-state index is 10.5. The summed E-state index contributed by atoms with van der Waals surface area (Å²) in [5.74, 6) is -0.0310. The summed E-state index contributed by atoms with van der Waals surface area (Å²) in [6, 6.07) is 0.675. The number of fused-ring (bicyclic) bond motifs is 3. The van der Waals surface area contributed by atoms with E-state index < -0.39 is 5.97 Å². The molecule has 4 saturated heterocycles. The lowest BCUT2D eigenvalue weighted by atomic mass is 9.80. The first-order valence-electron chi connectivity index (χ1n) is 6.88. The molecule has 4 heterocycles. The van der Waals surface area contributed by atoms with E-state index in [1.54, 1.807) is 0 Å². The maximum Gasteiger partial charge on any atom is 0.329 e. The molecule has 4 rings (SSSR count). The zero-order chi connectivity index (χ0) is 12.8. The van der Waals surface area contributed by atoms with Crippen molar-refractivity contribution in [3.8, 4) is 0 Å². The van der Waals surface area contributed by atoms with Crippen LogP contribution in [0.3, 0.4) is 0 Å². The van der Waals surface area contributed by atoms with E-state index >= 15 is 0 Å². The molecule has 5 nitrogen and oxygen atoms in total. The summed E-state index contributed by atoms with van der Waals surface area (Å²) in [5, 5.41) is 8.65. The number of carboxylic acids is 1. The number of rotatable bonds is 4. The van der Waals surface area contributed by atoms with Gasteiger partial charge in [0.05, 0.1) is 5.60 Å². The first-order valence-corrected chi connectivity index (χ1v) is 6.88. The molecule has 0 saturated carbocycles. The predicted molar refractivity (Wildman–Crippen MR) is 66.5 cm³/mol. The molecule has 2 bridgehead atoms. The van der Waals surface area contributed by atoms with E-state index in [0.29, 0.717) is 6.04 Å². The SMILES string of the molecule is CC1(OCC(=O)O)CN(C2CN3CCC2CC3)C1. The van der Waals surface area contributed by atoms with E-state index in [1.807, 2.05) is 6.92 Å². The fourth-order valence-corrected chi connectivity index (χ4v) is 3.72. The summed E-state index contributed by atoms with van der Waals surface area (Å²) in [6.45, 7) is 7.34. The molecule has 4 fully saturated rings. The van der Waals surface area contributed by atoms with Crippen LogP contribution in [0.25, 0.3) is 0 Å². The minimum atomic E-state index is -0.877. The van der Waals surface area contributed by atoms with Gasteiger partial charge in [0, 0.05) is 25.7 Å². The molecule has 0 spiro atoms. The predicted octanol–water partition coefficient (Wildman–Crippen LogP) is 0.256. The highest BCUT2D eigenvalue weighted by Gasteiger charge is 2.47. The van der Waals surface area contributed by atoms with Gasteiger partial charge in [-0.25, -0.2) is 4.79 Å². The maximum absolute atomic E-state index is 10.5. The Bertz CT molecular complexity index is 333. The van der Waals surface area contributed by atoms with Gasteiger partial charge in [-0.2, -0.15) is 0 Å². The third kappa shape index (κ3) is 2.27. The highest BCUT2D eigenvalue weighted by atomic mass is 16.5. The van der Waals surface area contributed by atoms with Crippen molar-refractivity contribution in [3.05, 3.63) is 0 Å². The van der Waals surface area contributed by atoms with Crippen molar-refractivity contribution in [1.29, 1.82) is 0 Å². The van der Waals surface area contributed by atoms with Gasteiger partial charge in [0.2, 0.25) is 0 Å². The lowest BCUT2D eigenvalue weighted by Gasteiger charge is -2.57. The van der Waals surface area contributed by atoms with Crippen molar-refractivity contribution in [2.75, 3.05) is 39.3 Å². The van der Waals surface area contributed by atoms with Gasteiger partial charge in [0.15, 0.2) is 0 Å². The molecular weight excluding hydrogens is 232 g/mol. The second-order valence-electron chi connectivity index (χ2n) is 6.24. The largest absolute Gasteiger partial charge is 0.480 e. The van der Waals surface area contributed by atoms with Crippen LogP contribution in [0.2, 0.25) is 0 Å². The van der Waals surface area contributed by atoms with Crippen LogP contribution in [-0.4, -0.2) is 71.8 Å². The fraction of sp³-hybridized carbons (Fsp3) is 0.923. The van der Waals surface area contributed by atoms with Crippen molar-refractivity contribution >= 4 is 5.97 Å². The van der Waals surface area contributed by atoms with Crippen molar-refractivity contribution < 1.29 is 14.6 Å². The van der Waals surface area contributed by atoms with Gasteiger partial charge < -0.3 is 14.7 Å². The number of aliphatic carboxylic acids is 1. The van der Waals surface area contributed by atoms with Crippen LogP contribution in [0.5, 0.6) is 0 Å². The molecular formula is C13H22N2O3. The Labute approximate surface area is 108 Å². The van der Waals surface area contributed by atoms with Crippen LogP contribution in [-0.2, 0) is 9.53 Å². The second kappa shape index (κ2) is 4.47. The van der Waals surface area contributed by atoms with Gasteiger partial charge in [0.1, 0.15) is 6.61 Å². The molecule has 1 atom stereocenters. The monoisotopic (exact) mass is 254 g/mol. The number of likely N-dealkylation sites (tertiary alicyclic amines) is 1. The minimum absolute atomic E-state index is 0.176. The van der Waals surface area contributed by atoms with E-state index in [2.05, 4.69) is 9.80 Å².